The summed E-state index contributed by atoms with van der Waals surface area (Å²) in [4.78, 5) is 15.7. The second-order valence-electron chi connectivity index (χ2n) is 7.02. The van der Waals surface area contributed by atoms with E-state index in [1.54, 1.807) is 12.1 Å². The van der Waals surface area contributed by atoms with Gasteiger partial charge in [-0.3, -0.25) is 4.79 Å². The number of para-hydroxylation sites is 1. The number of allylic oxidation sites excluding steroid dienone is 2. The number of aromatic nitrogens is 1. The molecule has 1 saturated carbocycles. The van der Waals surface area contributed by atoms with Crippen LogP contribution in [0.4, 0.5) is 0 Å². The number of hydrogen-bond acceptors (Lipinski definition) is 3. The maximum Gasteiger partial charge on any atom is 0.266 e. The molecule has 132 valence electrons. The zero-order valence-electron chi connectivity index (χ0n) is 14.0. The van der Waals surface area contributed by atoms with Gasteiger partial charge in [0.1, 0.15) is 4.90 Å². The van der Waals surface area contributed by atoms with E-state index in [1.165, 1.54) is 0 Å². The van der Waals surface area contributed by atoms with Crippen molar-refractivity contribution in [2.24, 2.45) is 11.8 Å². The van der Waals surface area contributed by atoms with Gasteiger partial charge >= 0.3 is 0 Å². The first-order valence-electron chi connectivity index (χ1n) is 8.88. The Hall–Kier alpha value is -2.08. The molecule has 1 aromatic carbocycles. The SMILES string of the molecule is O=C1NS(=O)(=O)c2cccc3cc([nH]c23)CCCCC/C=C\[C@@H]2C[C@H]12. The summed E-state index contributed by atoms with van der Waals surface area (Å²) < 4.78 is 27.7. The fourth-order valence-electron chi connectivity index (χ4n) is 3.56. The van der Waals surface area contributed by atoms with Crippen LogP contribution in [0.5, 0.6) is 0 Å². The van der Waals surface area contributed by atoms with Gasteiger partial charge in [0.05, 0.1) is 5.52 Å². The standard InChI is InChI=1S/C19H22N2O3S/c22-19-16-12-13(16)7-4-2-1-3-5-9-15-11-14-8-6-10-17(18(14)20-15)25(23,24)21-19/h4,6-8,10-11,13,16,20H,1-3,5,9,12H2,(H,21,22)/b7-4-/t13-,16+/m1/s1. The Balaban J connectivity index is 1.71. The van der Waals surface area contributed by atoms with Crippen molar-refractivity contribution in [1.29, 1.82) is 0 Å². The van der Waals surface area contributed by atoms with Crippen LogP contribution in [0.2, 0.25) is 0 Å². The van der Waals surface area contributed by atoms with Crippen LogP contribution in [-0.4, -0.2) is 19.3 Å². The summed E-state index contributed by atoms with van der Waals surface area (Å²) in [5, 5.41) is 0.862. The predicted octanol–water partition coefficient (Wildman–Crippen LogP) is 3.28. The monoisotopic (exact) mass is 358 g/mol. The quantitative estimate of drug-likeness (QED) is 0.709. The van der Waals surface area contributed by atoms with E-state index in [-0.39, 0.29) is 16.7 Å². The van der Waals surface area contributed by atoms with Crippen LogP contribution in [-0.2, 0) is 21.2 Å². The molecule has 2 heterocycles. The molecule has 2 aromatic rings. The fraction of sp³-hybridized carbons (Fsp3) is 0.421. The molecular formula is C19H22N2O3S. The summed E-state index contributed by atoms with van der Waals surface area (Å²) in [6, 6.07) is 7.16. The van der Waals surface area contributed by atoms with E-state index in [0.717, 1.165) is 49.6 Å². The van der Waals surface area contributed by atoms with Crippen LogP contribution in [0.15, 0.2) is 41.3 Å². The van der Waals surface area contributed by atoms with Crippen molar-refractivity contribution in [3.05, 3.63) is 42.1 Å². The number of carbonyl (C=O) groups excluding carboxylic acids is 1. The van der Waals surface area contributed by atoms with Gasteiger partial charge in [0.15, 0.2) is 0 Å². The van der Waals surface area contributed by atoms with Crippen molar-refractivity contribution in [1.82, 2.24) is 9.71 Å². The van der Waals surface area contributed by atoms with E-state index in [0.29, 0.717) is 5.52 Å². The van der Waals surface area contributed by atoms with Gasteiger partial charge in [-0.1, -0.05) is 30.7 Å². The van der Waals surface area contributed by atoms with Gasteiger partial charge < -0.3 is 4.98 Å². The molecule has 1 amide bonds. The molecular weight excluding hydrogens is 336 g/mol. The number of carbonyl (C=O) groups is 1. The highest BCUT2D eigenvalue weighted by molar-refractivity contribution is 7.90. The number of benzene rings is 1. The Bertz CT molecular complexity index is 943. The van der Waals surface area contributed by atoms with Crippen molar-refractivity contribution >= 4 is 26.8 Å². The number of sulfonamides is 1. The third-order valence-electron chi connectivity index (χ3n) is 5.07. The van der Waals surface area contributed by atoms with Gasteiger partial charge in [0, 0.05) is 17.0 Å². The molecule has 0 spiro atoms. The maximum atomic E-state index is 12.7. The normalized spacial score (nSPS) is 27.6. The summed E-state index contributed by atoms with van der Waals surface area (Å²) in [7, 11) is -3.88. The Morgan fingerprint density at radius 2 is 2.00 bits per heavy atom. The molecule has 2 aliphatic rings. The molecule has 1 aliphatic carbocycles. The molecule has 1 aliphatic heterocycles. The number of hydrogen-bond donors (Lipinski definition) is 2. The average Bonchev–Trinajstić information content (AvgIpc) is 3.22. The highest BCUT2D eigenvalue weighted by atomic mass is 32.2. The van der Waals surface area contributed by atoms with Gasteiger partial charge in [0.2, 0.25) is 5.91 Å². The molecule has 1 fully saturated rings. The number of H-pyrrole nitrogens is 1. The summed E-state index contributed by atoms with van der Waals surface area (Å²) in [6.45, 7) is 0. The molecule has 2 N–H and O–H groups in total. The molecule has 2 bridgehead atoms. The van der Waals surface area contributed by atoms with E-state index in [1.807, 2.05) is 12.1 Å². The summed E-state index contributed by atoms with van der Waals surface area (Å²) >= 11 is 0. The summed E-state index contributed by atoms with van der Waals surface area (Å²) in [5.41, 5.74) is 1.62. The molecule has 0 saturated heterocycles. The summed E-state index contributed by atoms with van der Waals surface area (Å²) in [5.74, 6) is -0.446. The molecule has 4 rings (SSSR count). The highest BCUT2D eigenvalue weighted by Gasteiger charge is 2.42. The zero-order valence-corrected chi connectivity index (χ0v) is 14.8. The van der Waals surface area contributed by atoms with Gasteiger partial charge in [-0.25, -0.2) is 13.1 Å². The lowest BCUT2D eigenvalue weighted by Crippen LogP contribution is -2.32. The average molecular weight is 358 g/mol. The second kappa shape index (κ2) is 6.33. The number of aromatic amines is 1. The molecule has 0 unspecified atom stereocenters. The van der Waals surface area contributed by atoms with Crippen LogP contribution in [0.1, 0.15) is 37.8 Å². The largest absolute Gasteiger partial charge is 0.357 e. The van der Waals surface area contributed by atoms with Crippen molar-refractivity contribution in [2.75, 3.05) is 0 Å². The Morgan fingerprint density at radius 1 is 1.12 bits per heavy atom. The minimum Gasteiger partial charge on any atom is -0.357 e. The van der Waals surface area contributed by atoms with Crippen LogP contribution < -0.4 is 4.72 Å². The van der Waals surface area contributed by atoms with Crippen molar-refractivity contribution in [2.45, 2.75) is 43.4 Å². The topological polar surface area (TPSA) is 79.0 Å². The van der Waals surface area contributed by atoms with E-state index in [9.17, 15) is 13.2 Å². The smallest absolute Gasteiger partial charge is 0.266 e. The number of aryl methyl sites for hydroxylation is 1. The lowest BCUT2D eigenvalue weighted by molar-refractivity contribution is -0.120. The fourth-order valence-corrected chi connectivity index (χ4v) is 4.78. The Labute approximate surface area is 147 Å². The van der Waals surface area contributed by atoms with E-state index in [4.69, 9.17) is 0 Å². The molecule has 1 aromatic heterocycles. The van der Waals surface area contributed by atoms with Crippen molar-refractivity contribution < 1.29 is 13.2 Å². The molecule has 2 atom stereocenters. The zero-order chi connectivity index (χ0) is 17.4. The van der Waals surface area contributed by atoms with Crippen LogP contribution >= 0.6 is 0 Å². The van der Waals surface area contributed by atoms with Crippen molar-refractivity contribution in [3.8, 4) is 0 Å². The van der Waals surface area contributed by atoms with Crippen LogP contribution in [0.3, 0.4) is 0 Å². The van der Waals surface area contributed by atoms with Crippen molar-refractivity contribution in [3.63, 3.8) is 0 Å². The summed E-state index contributed by atoms with van der Waals surface area (Å²) in [6.07, 6.45) is 10.2. The van der Waals surface area contributed by atoms with Crippen LogP contribution in [0, 0.1) is 11.8 Å². The first kappa shape index (κ1) is 16.4. The van der Waals surface area contributed by atoms with Gasteiger partial charge in [-0.15, -0.1) is 0 Å². The van der Waals surface area contributed by atoms with E-state index in [2.05, 4.69) is 21.9 Å². The maximum absolute atomic E-state index is 12.7. The second-order valence-corrected chi connectivity index (χ2v) is 8.67. The molecule has 25 heavy (non-hydrogen) atoms. The van der Waals surface area contributed by atoms with Crippen LogP contribution in [0.25, 0.3) is 10.9 Å². The first-order valence-corrected chi connectivity index (χ1v) is 10.4. The number of amides is 1. The Kier molecular flexibility index (Phi) is 4.15. The minimum absolute atomic E-state index is 0.143. The lowest BCUT2D eigenvalue weighted by Gasteiger charge is -2.08. The minimum atomic E-state index is -3.88. The Morgan fingerprint density at radius 3 is 2.88 bits per heavy atom. The van der Waals surface area contributed by atoms with Gasteiger partial charge in [0.25, 0.3) is 10.0 Å². The highest BCUT2D eigenvalue weighted by Crippen LogP contribution is 2.40. The first-order chi connectivity index (χ1) is 12.0. The van der Waals surface area contributed by atoms with Gasteiger partial charge in [-0.2, -0.15) is 0 Å². The third-order valence-corrected chi connectivity index (χ3v) is 6.46. The predicted molar refractivity (Wildman–Crippen MR) is 96.5 cm³/mol. The number of fused-ring (bicyclic) bond motifs is 2. The molecule has 6 heteroatoms. The third kappa shape index (κ3) is 3.35. The number of rotatable bonds is 0. The van der Waals surface area contributed by atoms with E-state index >= 15 is 0 Å². The molecule has 0 radical (unpaired) electrons. The lowest BCUT2D eigenvalue weighted by atomic mass is 10.1. The van der Waals surface area contributed by atoms with Gasteiger partial charge in [-0.05, 0) is 50.2 Å². The molecule has 5 nitrogen and oxygen atoms in total. The number of nitrogens with one attached hydrogen (secondary N) is 2. The van der Waals surface area contributed by atoms with E-state index < -0.39 is 15.9 Å².